The van der Waals surface area contributed by atoms with Crippen molar-refractivity contribution in [1.29, 1.82) is 0 Å². The third kappa shape index (κ3) is 5.77. The van der Waals surface area contributed by atoms with Gasteiger partial charge in [-0.3, -0.25) is 4.79 Å². The highest BCUT2D eigenvalue weighted by molar-refractivity contribution is 7.89. The van der Waals surface area contributed by atoms with E-state index >= 15 is 0 Å². The van der Waals surface area contributed by atoms with Gasteiger partial charge < -0.3 is 19.9 Å². The molecule has 1 heterocycles. The number of nitrogens with one attached hydrogen (secondary N) is 1. The van der Waals surface area contributed by atoms with Crippen LogP contribution in [0.4, 0.5) is 5.69 Å². The van der Waals surface area contributed by atoms with Crippen LogP contribution in [0.3, 0.4) is 0 Å². The summed E-state index contributed by atoms with van der Waals surface area (Å²) in [6.07, 6.45) is 3.66. The molecule has 0 spiro atoms. The summed E-state index contributed by atoms with van der Waals surface area (Å²) in [5, 5.41) is 12.3. The van der Waals surface area contributed by atoms with Gasteiger partial charge in [-0.05, 0) is 49.2 Å². The van der Waals surface area contributed by atoms with Crippen molar-refractivity contribution in [3.8, 4) is 11.5 Å². The lowest BCUT2D eigenvalue weighted by atomic mass is 10.2. The highest BCUT2D eigenvalue weighted by Crippen LogP contribution is 2.24. The van der Waals surface area contributed by atoms with Crippen LogP contribution in [0.25, 0.3) is 0 Å². The molecule has 0 unspecified atom stereocenters. The lowest BCUT2D eigenvalue weighted by Gasteiger charge is -2.20. The average Bonchev–Trinajstić information content (AvgIpc) is 3.08. The maximum atomic E-state index is 12.9. The molecule has 0 atom stereocenters. The highest BCUT2D eigenvalue weighted by Gasteiger charge is 2.25. The number of benzene rings is 2. The molecule has 0 radical (unpaired) electrons. The van der Waals surface area contributed by atoms with Gasteiger partial charge in [0.25, 0.3) is 5.91 Å². The second kappa shape index (κ2) is 10.5. The largest absolute Gasteiger partial charge is 0.507 e. The molecule has 172 valence electrons. The van der Waals surface area contributed by atoms with E-state index in [-0.39, 0.29) is 21.9 Å². The van der Waals surface area contributed by atoms with E-state index in [2.05, 4.69) is 5.32 Å². The zero-order valence-electron chi connectivity index (χ0n) is 17.7. The average molecular weight is 463 g/mol. The van der Waals surface area contributed by atoms with Crippen molar-refractivity contribution in [1.82, 2.24) is 4.31 Å². The number of ether oxygens (including phenoxy) is 2. The Labute approximate surface area is 187 Å². The first-order chi connectivity index (χ1) is 15.3. The highest BCUT2D eigenvalue weighted by atomic mass is 32.2. The molecule has 0 bridgehead atoms. The summed E-state index contributed by atoms with van der Waals surface area (Å²) in [7, 11) is -2.25. The maximum Gasteiger partial charge on any atom is 0.342 e. The van der Waals surface area contributed by atoms with Crippen molar-refractivity contribution in [2.45, 2.75) is 30.6 Å². The fraction of sp³-hybridized carbons (Fsp3) is 0.364. The zero-order valence-corrected chi connectivity index (χ0v) is 18.6. The van der Waals surface area contributed by atoms with Gasteiger partial charge in [0.1, 0.15) is 17.1 Å². The van der Waals surface area contributed by atoms with Crippen LogP contribution in [0, 0.1) is 0 Å². The number of hydrogen-bond acceptors (Lipinski definition) is 7. The van der Waals surface area contributed by atoms with Crippen LogP contribution in [0.5, 0.6) is 11.5 Å². The molecule has 3 rings (SSSR count). The number of methoxy groups -OCH3 is 1. The molecule has 9 nitrogen and oxygen atoms in total. The van der Waals surface area contributed by atoms with E-state index in [0.29, 0.717) is 18.8 Å². The van der Waals surface area contributed by atoms with Crippen molar-refractivity contribution >= 4 is 27.6 Å². The van der Waals surface area contributed by atoms with Gasteiger partial charge in [0.2, 0.25) is 10.0 Å². The number of nitrogens with zero attached hydrogens (tertiary/aromatic N) is 1. The quantitative estimate of drug-likeness (QED) is 0.607. The number of hydrogen-bond donors (Lipinski definition) is 2. The van der Waals surface area contributed by atoms with Crippen LogP contribution < -0.4 is 10.1 Å². The number of carbonyl (C=O) groups excluding carboxylic acids is 2. The topological polar surface area (TPSA) is 122 Å². The van der Waals surface area contributed by atoms with E-state index in [0.717, 1.165) is 25.7 Å². The van der Waals surface area contributed by atoms with Crippen LogP contribution >= 0.6 is 0 Å². The van der Waals surface area contributed by atoms with Crippen LogP contribution in [-0.2, 0) is 19.6 Å². The number of esters is 1. The molecule has 1 saturated heterocycles. The van der Waals surface area contributed by atoms with Crippen LogP contribution in [-0.4, -0.2) is 56.5 Å². The SMILES string of the molecule is COc1ccc(O)c(C(=O)OCC(=O)Nc2cccc(S(=O)(=O)N3CCCCCC3)c2)c1. The fourth-order valence-corrected chi connectivity index (χ4v) is 4.94. The lowest BCUT2D eigenvalue weighted by molar-refractivity contribution is -0.119. The van der Waals surface area contributed by atoms with E-state index in [1.54, 1.807) is 12.1 Å². The third-order valence-corrected chi connectivity index (χ3v) is 6.97. The van der Waals surface area contributed by atoms with Crippen LogP contribution in [0.2, 0.25) is 0 Å². The number of phenols is 1. The number of amides is 1. The van der Waals surface area contributed by atoms with E-state index in [4.69, 9.17) is 9.47 Å². The summed E-state index contributed by atoms with van der Waals surface area (Å²) in [5.41, 5.74) is 0.133. The van der Waals surface area contributed by atoms with Gasteiger partial charge in [-0.2, -0.15) is 4.31 Å². The van der Waals surface area contributed by atoms with E-state index in [1.165, 1.54) is 41.7 Å². The third-order valence-electron chi connectivity index (χ3n) is 5.08. The minimum absolute atomic E-state index is 0.0931. The van der Waals surface area contributed by atoms with Crippen LogP contribution in [0.1, 0.15) is 36.0 Å². The molecule has 1 aliphatic heterocycles. The minimum Gasteiger partial charge on any atom is -0.507 e. The predicted octanol–water partition coefficient (Wildman–Crippen LogP) is 2.76. The van der Waals surface area contributed by atoms with Crippen molar-refractivity contribution < 1.29 is 32.6 Å². The van der Waals surface area contributed by atoms with Gasteiger partial charge in [-0.25, -0.2) is 13.2 Å². The summed E-state index contributed by atoms with van der Waals surface area (Å²) >= 11 is 0. The second-order valence-corrected chi connectivity index (χ2v) is 9.29. The normalized spacial score (nSPS) is 14.9. The van der Waals surface area contributed by atoms with E-state index < -0.39 is 28.5 Å². The molecule has 2 N–H and O–H groups in total. The Bertz CT molecular complexity index is 1080. The van der Waals surface area contributed by atoms with Gasteiger partial charge in [0.15, 0.2) is 6.61 Å². The van der Waals surface area contributed by atoms with Crippen molar-refractivity contribution in [3.05, 3.63) is 48.0 Å². The summed E-state index contributed by atoms with van der Waals surface area (Å²) in [5.74, 6) is -1.50. The van der Waals surface area contributed by atoms with Gasteiger partial charge in [0, 0.05) is 18.8 Å². The number of phenolic OH excluding ortho intramolecular Hbond substituents is 1. The molecule has 0 saturated carbocycles. The molecule has 1 amide bonds. The maximum absolute atomic E-state index is 12.9. The van der Waals surface area contributed by atoms with E-state index in [9.17, 15) is 23.1 Å². The standard InChI is InChI=1S/C22H26N2O7S/c1-30-17-9-10-20(25)19(14-17)22(27)31-15-21(26)23-16-7-6-8-18(13-16)32(28,29)24-11-4-2-3-5-12-24/h6-10,13-14,25H,2-5,11-12,15H2,1H3,(H,23,26). The summed E-state index contributed by atoms with van der Waals surface area (Å²) in [6, 6.07) is 10.0. The Balaban J connectivity index is 1.63. The smallest absolute Gasteiger partial charge is 0.342 e. The first-order valence-corrected chi connectivity index (χ1v) is 11.7. The Kier molecular flexibility index (Phi) is 7.70. The van der Waals surface area contributed by atoms with Gasteiger partial charge >= 0.3 is 5.97 Å². The fourth-order valence-electron chi connectivity index (χ4n) is 3.38. The molecule has 2 aromatic carbocycles. The molecule has 1 aliphatic rings. The van der Waals surface area contributed by atoms with Crippen molar-refractivity contribution in [3.63, 3.8) is 0 Å². The monoisotopic (exact) mass is 462 g/mol. The Morgan fingerprint density at radius 1 is 1.06 bits per heavy atom. The Morgan fingerprint density at radius 3 is 2.47 bits per heavy atom. The number of aromatic hydroxyl groups is 1. The molecular weight excluding hydrogens is 436 g/mol. The molecule has 32 heavy (non-hydrogen) atoms. The summed E-state index contributed by atoms with van der Waals surface area (Å²) in [4.78, 5) is 24.5. The molecule has 2 aromatic rings. The number of sulfonamides is 1. The summed E-state index contributed by atoms with van der Waals surface area (Å²) in [6.45, 7) is 0.344. The zero-order chi connectivity index (χ0) is 23.1. The number of rotatable bonds is 7. The minimum atomic E-state index is -3.66. The molecule has 0 aromatic heterocycles. The Hall–Kier alpha value is -3.11. The number of carbonyl (C=O) groups is 2. The number of anilines is 1. The van der Waals surface area contributed by atoms with Crippen molar-refractivity contribution in [2.75, 3.05) is 32.1 Å². The molecule has 1 fully saturated rings. The van der Waals surface area contributed by atoms with Gasteiger partial charge in [0.05, 0.1) is 12.0 Å². The van der Waals surface area contributed by atoms with Gasteiger partial charge in [-0.15, -0.1) is 0 Å². The van der Waals surface area contributed by atoms with Crippen LogP contribution in [0.15, 0.2) is 47.4 Å². The first-order valence-electron chi connectivity index (χ1n) is 10.3. The molecular formula is C22H26N2O7S. The molecule has 0 aliphatic carbocycles. The van der Waals surface area contributed by atoms with Gasteiger partial charge in [-0.1, -0.05) is 18.9 Å². The van der Waals surface area contributed by atoms with Crippen molar-refractivity contribution in [2.24, 2.45) is 0 Å². The molecule has 10 heteroatoms. The predicted molar refractivity (Wildman–Crippen MR) is 117 cm³/mol. The lowest BCUT2D eigenvalue weighted by Crippen LogP contribution is -2.32. The summed E-state index contributed by atoms with van der Waals surface area (Å²) < 4.78 is 37.3. The first kappa shape index (κ1) is 23.6. The Morgan fingerprint density at radius 2 is 1.78 bits per heavy atom. The second-order valence-electron chi connectivity index (χ2n) is 7.35. The van der Waals surface area contributed by atoms with E-state index in [1.807, 2.05) is 0 Å².